The first-order chi connectivity index (χ1) is 28.0. The smallest absolute Gasteiger partial charge is 0.306 e. The number of unbranched alkanes of at least 4 members (excludes halogenated alkanes) is 26. The summed E-state index contributed by atoms with van der Waals surface area (Å²) < 4.78 is 5.90. The summed E-state index contributed by atoms with van der Waals surface area (Å²) in [6.07, 6.45) is 53.1. The van der Waals surface area contributed by atoms with Crippen LogP contribution in [0.3, 0.4) is 0 Å². The van der Waals surface area contributed by atoms with Gasteiger partial charge in [-0.05, 0) is 44.9 Å². The van der Waals surface area contributed by atoms with Crippen molar-refractivity contribution in [2.75, 3.05) is 6.61 Å². The highest BCUT2D eigenvalue weighted by molar-refractivity contribution is 5.77. The van der Waals surface area contributed by atoms with E-state index in [0.29, 0.717) is 19.3 Å². The lowest BCUT2D eigenvalue weighted by Crippen LogP contribution is -2.46. The molecule has 0 aromatic heterocycles. The lowest BCUT2D eigenvalue weighted by molar-refractivity contribution is -0.151. The summed E-state index contributed by atoms with van der Waals surface area (Å²) in [4.78, 5) is 26.0. The Morgan fingerprint density at radius 2 is 0.947 bits per heavy atom. The fourth-order valence-electron chi connectivity index (χ4n) is 7.32. The number of amides is 1. The Morgan fingerprint density at radius 1 is 0.526 bits per heavy atom. The fourth-order valence-corrected chi connectivity index (χ4v) is 7.32. The molecule has 57 heavy (non-hydrogen) atoms. The second kappa shape index (κ2) is 44.9. The maximum atomic E-state index is 13.1. The highest BCUT2D eigenvalue weighted by Crippen LogP contribution is 2.18. The Hall–Kier alpha value is -2.18. The molecule has 0 heterocycles. The lowest BCUT2D eigenvalue weighted by Gasteiger charge is -2.24. The molecule has 3 atom stereocenters. The highest BCUT2D eigenvalue weighted by atomic mass is 16.5. The van der Waals surface area contributed by atoms with E-state index in [2.05, 4.69) is 50.4 Å². The van der Waals surface area contributed by atoms with Gasteiger partial charge in [-0.15, -0.1) is 0 Å². The predicted octanol–water partition coefficient (Wildman–Crippen LogP) is 14.3. The number of aliphatic hydroxyl groups excluding tert-OH is 2. The zero-order valence-corrected chi connectivity index (χ0v) is 37.7. The Balaban J connectivity index is 4.62. The summed E-state index contributed by atoms with van der Waals surface area (Å²) in [5.74, 6) is -0.508. The third-order valence-electron chi connectivity index (χ3n) is 11.0. The van der Waals surface area contributed by atoms with Gasteiger partial charge in [0.25, 0.3) is 0 Å². The standard InChI is InChI=1S/C51H93NO5/c1-4-7-10-13-16-19-22-24-25-27-29-32-35-38-41-44-51(56)57-47(42-39-36-33-30-28-26-23-20-17-14-11-8-5-2)45-50(55)52-48(46-53)49(54)43-40-37-34-31-21-18-15-12-9-6-3/h8,11,14,17,20,23,26,28,47-49,53-54H,4-7,9-10,12-13,15-16,18-19,21-22,24-25,27,29-46H2,1-3H3,(H,52,55)/b11-8+,17-14+,23-20+,28-26-. The van der Waals surface area contributed by atoms with Crippen molar-refractivity contribution < 1.29 is 24.5 Å². The maximum absolute atomic E-state index is 13.1. The van der Waals surface area contributed by atoms with Gasteiger partial charge >= 0.3 is 5.97 Å². The number of ether oxygens (including phenoxy) is 1. The van der Waals surface area contributed by atoms with Crippen LogP contribution in [0.4, 0.5) is 0 Å². The first-order valence-corrected chi connectivity index (χ1v) is 24.4. The first-order valence-electron chi connectivity index (χ1n) is 24.4. The normalized spacial score (nSPS) is 13.7. The summed E-state index contributed by atoms with van der Waals surface area (Å²) in [6.45, 7) is 6.32. The molecule has 1 amide bonds. The van der Waals surface area contributed by atoms with Gasteiger partial charge in [0.1, 0.15) is 6.10 Å². The van der Waals surface area contributed by atoms with E-state index in [1.807, 2.05) is 24.3 Å². The highest BCUT2D eigenvalue weighted by Gasteiger charge is 2.24. The molecule has 0 radical (unpaired) electrons. The minimum absolute atomic E-state index is 0.0533. The van der Waals surface area contributed by atoms with E-state index < -0.39 is 18.2 Å². The van der Waals surface area contributed by atoms with Crippen molar-refractivity contribution >= 4 is 11.9 Å². The molecule has 0 fully saturated rings. The van der Waals surface area contributed by atoms with Crippen LogP contribution in [0.5, 0.6) is 0 Å². The minimum atomic E-state index is -0.795. The van der Waals surface area contributed by atoms with Crippen molar-refractivity contribution in [3.05, 3.63) is 48.6 Å². The van der Waals surface area contributed by atoms with E-state index in [0.717, 1.165) is 70.6 Å². The second-order valence-electron chi connectivity index (χ2n) is 16.6. The quantitative estimate of drug-likeness (QED) is 0.0324. The number of hydrogen-bond acceptors (Lipinski definition) is 5. The summed E-state index contributed by atoms with van der Waals surface area (Å²) in [6, 6.07) is -0.711. The topological polar surface area (TPSA) is 95.9 Å². The van der Waals surface area contributed by atoms with Gasteiger partial charge in [0.15, 0.2) is 0 Å². The van der Waals surface area contributed by atoms with Gasteiger partial charge < -0.3 is 20.3 Å². The Bertz CT molecular complexity index is 988. The molecule has 0 bridgehead atoms. The Labute approximate surface area is 353 Å². The fraction of sp³-hybridized carbons (Fsp3) is 0.804. The molecule has 0 rings (SSSR count). The van der Waals surface area contributed by atoms with Crippen molar-refractivity contribution in [3.63, 3.8) is 0 Å². The average molecular weight is 800 g/mol. The molecule has 0 aliphatic carbocycles. The van der Waals surface area contributed by atoms with Crippen molar-refractivity contribution in [2.45, 2.75) is 257 Å². The molecule has 6 nitrogen and oxygen atoms in total. The van der Waals surface area contributed by atoms with E-state index in [4.69, 9.17) is 4.74 Å². The molecule has 0 saturated heterocycles. The van der Waals surface area contributed by atoms with Gasteiger partial charge in [-0.3, -0.25) is 9.59 Å². The van der Waals surface area contributed by atoms with Crippen molar-refractivity contribution in [1.29, 1.82) is 0 Å². The number of aliphatic hydroxyl groups is 2. The van der Waals surface area contributed by atoms with Crippen LogP contribution in [-0.4, -0.2) is 46.9 Å². The van der Waals surface area contributed by atoms with Crippen molar-refractivity contribution in [2.24, 2.45) is 0 Å². The number of esters is 1. The summed E-state index contributed by atoms with van der Waals surface area (Å²) in [5.41, 5.74) is 0. The van der Waals surface area contributed by atoms with E-state index in [9.17, 15) is 19.8 Å². The average Bonchev–Trinajstić information content (AvgIpc) is 3.20. The van der Waals surface area contributed by atoms with E-state index in [-0.39, 0.29) is 24.9 Å². The molecule has 3 unspecified atom stereocenters. The van der Waals surface area contributed by atoms with Gasteiger partial charge in [-0.1, -0.05) is 230 Å². The van der Waals surface area contributed by atoms with Gasteiger partial charge in [-0.2, -0.15) is 0 Å². The third-order valence-corrected chi connectivity index (χ3v) is 11.0. The zero-order valence-electron chi connectivity index (χ0n) is 37.7. The Kier molecular flexibility index (Phi) is 43.2. The van der Waals surface area contributed by atoms with Crippen LogP contribution in [-0.2, 0) is 14.3 Å². The number of rotatable bonds is 43. The van der Waals surface area contributed by atoms with E-state index in [1.165, 1.54) is 122 Å². The number of carbonyl (C=O) groups excluding carboxylic acids is 2. The van der Waals surface area contributed by atoms with Crippen LogP contribution in [0, 0.1) is 0 Å². The molecule has 0 spiro atoms. The van der Waals surface area contributed by atoms with Crippen molar-refractivity contribution in [1.82, 2.24) is 5.32 Å². The van der Waals surface area contributed by atoms with Crippen molar-refractivity contribution in [3.8, 4) is 0 Å². The van der Waals surface area contributed by atoms with Gasteiger partial charge in [0.05, 0.1) is 25.2 Å². The molecular weight excluding hydrogens is 707 g/mol. The van der Waals surface area contributed by atoms with E-state index in [1.54, 1.807) is 0 Å². The molecule has 0 aliphatic heterocycles. The summed E-state index contributed by atoms with van der Waals surface area (Å²) in [5, 5.41) is 23.6. The number of allylic oxidation sites excluding steroid dienone is 8. The molecule has 0 aromatic carbocycles. The molecule has 332 valence electrons. The number of carbonyl (C=O) groups is 2. The largest absolute Gasteiger partial charge is 0.462 e. The second-order valence-corrected chi connectivity index (χ2v) is 16.6. The first kappa shape index (κ1) is 54.8. The van der Waals surface area contributed by atoms with Crippen LogP contribution in [0.1, 0.15) is 239 Å². The summed E-state index contributed by atoms with van der Waals surface area (Å²) in [7, 11) is 0. The minimum Gasteiger partial charge on any atom is -0.462 e. The van der Waals surface area contributed by atoms with Crippen LogP contribution in [0.25, 0.3) is 0 Å². The molecule has 6 heteroatoms. The molecule has 0 aliphatic rings. The van der Waals surface area contributed by atoms with Crippen LogP contribution >= 0.6 is 0 Å². The predicted molar refractivity (Wildman–Crippen MR) is 245 cm³/mol. The SMILES string of the molecule is CC/C=C/C=C/C=C/C=C\CCCCCC(CC(=O)NC(CO)C(O)CCCCCCCCCCCC)OC(=O)CCCCCCCCCCCCCCCCC. The van der Waals surface area contributed by atoms with Crippen LogP contribution in [0.2, 0.25) is 0 Å². The monoisotopic (exact) mass is 800 g/mol. The van der Waals surface area contributed by atoms with E-state index >= 15 is 0 Å². The Morgan fingerprint density at radius 3 is 1.44 bits per heavy atom. The molecular formula is C51H93NO5. The van der Waals surface area contributed by atoms with Gasteiger partial charge in [-0.25, -0.2) is 0 Å². The van der Waals surface area contributed by atoms with Crippen LogP contribution in [0.15, 0.2) is 48.6 Å². The molecule has 0 aromatic rings. The zero-order chi connectivity index (χ0) is 41.7. The number of nitrogens with one attached hydrogen (secondary N) is 1. The van der Waals surface area contributed by atoms with Crippen LogP contribution < -0.4 is 5.32 Å². The third kappa shape index (κ3) is 40.4. The summed E-state index contributed by atoms with van der Waals surface area (Å²) >= 11 is 0. The molecule has 0 saturated carbocycles. The molecule has 3 N–H and O–H groups in total. The number of hydrogen-bond donors (Lipinski definition) is 3. The maximum Gasteiger partial charge on any atom is 0.306 e. The lowest BCUT2D eigenvalue weighted by atomic mass is 10.0. The van der Waals surface area contributed by atoms with Gasteiger partial charge in [0.2, 0.25) is 5.91 Å². The van der Waals surface area contributed by atoms with Gasteiger partial charge in [0, 0.05) is 6.42 Å².